The Morgan fingerprint density at radius 1 is 1.46 bits per heavy atom. The van der Waals surface area contributed by atoms with Gasteiger partial charge in [-0.05, 0) is 11.8 Å². The molecule has 1 saturated heterocycles. The van der Waals surface area contributed by atoms with Crippen molar-refractivity contribution in [2.24, 2.45) is 5.92 Å². The second kappa shape index (κ2) is 4.97. The molecule has 0 amide bonds. The zero-order valence-electron chi connectivity index (χ0n) is 9.43. The van der Waals surface area contributed by atoms with E-state index in [2.05, 4.69) is 37.9 Å². The van der Waals surface area contributed by atoms with Gasteiger partial charge in [0.05, 0.1) is 0 Å². The molecule has 2 heteroatoms. The van der Waals surface area contributed by atoms with Gasteiger partial charge in [0.15, 0.2) is 0 Å². The fourth-order valence-corrected chi connectivity index (χ4v) is 1.88. The topological polar surface area (TPSA) is 15.3 Å². The van der Waals surface area contributed by atoms with Crippen LogP contribution in [0.25, 0.3) is 0 Å². The lowest BCUT2D eigenvalue weighted by molar-refractivity contribution is 0.181. The third kappa shape index (κ3) is 3.65. The number of hydrogen-bond donors (Lipinski definition) is 1. The van der Waals surface area contributed by atoms with Crippen LogP contribution in [-0.2, 0) is 0 Å². The summed E-state index contributed by atoms with van der Waals surface area (Å²) in [6.07, 6.45) is 0. The van der Waals surface area contributed by atoms with Gasteiger partial charge in [0, 0.05) is 32.2 Å². The summed E-state index contributed by atoms with van der Waals surface area (Å²) in [5.74, 6) is 2.27. The fourth-order valence-electron chi connectivity index (χ4n) is 1.88. The first-order valence-electron chi connectivity index (χ1n) is 5.34. The van der Waals surface area contributed by atoms with Crippen LogP contribution in [0, 0.1) is 11.8 Å². The van der Waals surface area contributed by atoms with Gasteiger partial charge >= 0.3 is 0 Å². The van der Waals surface area contributed by atoms with Crippen molar-refractivity contribution in [2.45, 2.75) is 33.7 Å². The zero-order chi connectivity index (χ0) is 9.84. The molecule has 1 unspecified atom stereocenters. The molecule has 0 aromatic carbocycles. The Bertz CT molecular complexity index is 143. The maximum atomic E-state index is 3.57. The molecule has 1 aliphatic rings. The van der Waals surface area contributed by atoms with E-state index in [9.17, 15) is 0 Å². The largest absolute Gasteiger partial charge is 0.311 e. The van der Waals surface area contributed by atoms with E-state index in [1.54, 1.807) is 0 Å². The zero-order valence-corrected chi connectivity index (χ0v) is 9.43. The van der Waals surface area contributed by atoms with Gasteiger partial charge in [-0.2, -0.15) is 0 Å². The minimum atomic E-state index is 0.688. The highest BCUT2D eigenvalue weighted by Crippen LogP contribution is 2.10. The lowest BCUT2D eigenvalue weighted by Gasteiger charge is -2.36. The van der Waals surface area contributed by atoms with Crippen molar-refractivity contribution in [3.63, 3.8) is 0 Å². The second-order valence-corrected chi connectivity index (χ2v) is 4.75. The van der Waals surface area contributed by atoms with E-state index in [1.807, 2.05) is 0 Å². The van der Waals surface area contributed by atoms with Crippen LogP contribution in [0.15, 0.2) is 0 Å². The SMILES string of the molecule is C[C](C)CN1CCNC(C(C)C)C1. The number of nitrogens with zero attached hydrogens (tertiary/aromatic N) is 1. The molecule has 1 radical (unpaired) electrons. The van der Waals surface area contributed by atoms with E-state index in [4.69, 9.17) is 0 Å². The van der Waals surface area contributed by atoms with Gasteiger partial charge in [0.25, 0.3) is 0 Å². The summed E-state index contributed by atoms with van der Waals surface area (Å²) in [7, 11) is 0. The van der Waals surface area contributed by atoms with Crippen LogP contribution in [0.1, 0.15) is 27.7 Å². The van der Waals surface area contributed by atoms with E-state index >= 15 is 0 Å². The Kier molecular flexibility index (Phi) is 4.20. The molecule has 0 aromatic rings. The molecule has 2 nitrogen and oxygen atoms in total. The van der Waals surface area contributed by atoms with Gasteiger partial charge in [-0.1, -0.05) is 27.7 Å². The van der Waals surface area contributed by atoms with Crippen molar-refractivity contribution in [3.8, 4) is 0 Å². The summed E-state index contributed by atoms with van der Waals surface area (Å²) in [6, 6.07) is 0.688. The molecular weight excluding hydrogens is 160 g/mol. The molecule has 1 rings (SSSR count). The van der Waals surface area contributed by atoms with Crippen LogP contribution in [0.3, 0.4) is 0 Å². The van der Waals surface area contributed by atoms with Crippen molar-refractivity contribution < 1.29 is 0 Å². The van der Waals surface area contributed by atoms with E-state index in [0.717, 1.165) is 12.5 Å². The van der Waals surface area contributed by atoms with Crippen molar-refractivity contribution >= 4 is 0 Å². The van der Waals surface area contributed by atoms with Gasteiger partial charge in [-0.25, -0.2) is 0 Å². The van der Waals surface area contributed by atoms with E-state index in [1.165, 1.54) is 25.6 Å². The van der Waals surface area contributed by atoms with Crippen LogP contribution >= 0.6 is 0 Å². The van der Waals surface area contributed by atoms with Crippen molar-refractivity contribution in [3.05, 3.63) is 5.92 Å². The third-order valence-corrected chi connectivity index (χ3v) is 2.63. The average molecular weight is 183 g/mol. The molecule has 1 N–H and O–H groups in total. The quantitative estimate of drug-likeness (QED) is 0.714. The monoisotopic (exact) mass is 183 g/mol. The smallest absolute Gasteiger partial charge is 0.0218 e. The predicted octanol–water partition coefficient (Wildman–Crippen LogP) is 1.53. The number of piperazine rings is 1. The molecule has 77 valence electrons. The van der Waals surface area contributed by atoms with Crippen LogP contribution in [0.2, 0.25) is 0 Å². The molecule has 0 bridgehead atoms. The summed E-state index contributed by atoms with van der Waals surface area (Å²) < 4.78 is 0. The van der Waals surface area contributed by atoms with E-state index in [-0.39, 0.29) is 0 Å². The Balaban J connectivity index is 2.33. The first kappa shape index (κ1) is 11.0. The van der Waals surface area contributed by atoms with Crippen molar-refractivity contribution in [2.75, 3.05) is 26.2 Å². The van der Waals surface area contributed by atoms with Gasteiger partial charge < -0.3 is 5.32 Å². The van der Waals surface area contributed by atoms with Gasteiger partial charge in [-0.3, -0.25) is 4.90 Å². The van der Waals surface area contributed by atoms with Gasteiger partial charge in [-0.15, -0.1) is 0 Å². The minimum absolute atomic E-state index is 0.688. The van der Waals surface area contributed by atoms with Crippen LogP contribution in [0.4, 0.5) is 0 Å². The number of nitrogens with one attached hydrogen (secondary N) is 1. The highest BCUT2D eigenvalue weighted by Gasteiger charge is 2.21. The molecule has 1 fully saturated rings. The normalized spacial score (nSPS) is 25.8. The molecule has 1 heterocycles. The molecular formula is C11H23N2. The molecule has 0 aliphatic carbocycles. The second-order valence-electron chi connectivity index (χ2n) is 4.75. The first-order valence-corrected chi connectivity index (χ1v) is 5.34. The highest BCUT2D eigenvalue weighted by atomic mass is 15.2. The van der Waals surface area contributed by atoms with Gasteiger partial charge in [0.2, 0.25) is 0 Å². The lowest BCUT2D eigenvalue weighted by Crippen LogP contribution is -2.53. The summed E-state index contributed by atoms with van der Waals surface area (Å²) in [6.45, 7) is 13.8. The van der Waals surface area contributed by atoms with Crippen LogP contribution in [-0.4, -0.2) is 37.1 Å². The molecule has 1 aliphatic heterocycles. The van der Waals surface area contributed by atoms with E-state index in [0.29, 0.717) is 6.04 Å². The predicted molar refractivity (Wildman–Crippen MR) is 57.7 cm³/mol. The summed E-state index contributed by atoms with van der Waals surface area (Å²) in [5, 5.41) is 3.57. The first-order chi connectivity index (χ1) is 6.09. The summed E-state index contributed by atoms with van der Waals surface area (Å²) >= 11 is 0. The van der Waals surface area contributed by atoms with Crippen LogP contribution < -0.4 is 5.32 Å². The summed E-state index contributed by atoms with van der Waals surface area (Å²) in [4.78, 5) is 2.55. The maximum absolute atomic E-state index is 3.57. The summed E-state index contributed by atoms with van der Waals surface area (Å²) in [5.41, 5.74) is 0. The number of rotatable bonds is 3. The standard InChI is InChI=1S/C11H23N2/c1-9(2)7-13-6-5-12-11(8-13)10(3)4/h10-12H,5-8H2,1-4H3. The molecule has 13 heavy (non-hydrogen) atoms. The molecule has 0 spiro atoms. The van der Waals surface area contributed by atoms with E-state index < -0.39 is 0 Å². The molecule has 0 aromatic heterocycles. The fraction of sp³-hybridized carbons (Fsp3) is 0.909. The Morgan fingerprint density at radius 3 is 2.69 bits per heavy atom. The van der Waals surface area contributed by atoms with Crippen molar-refractivity contribution in [1.29, 1.82) is 0 Å². The Hall–Kier alpha value is -0.0800. The maximum Gasteiger partial charge on any atom is 0.0218 e. The number of hydrogen-bond acceptors (Lipinski definition) is 2. The highest BCUT2D eigenvalue weighted by molar-refractivity contribution is 4.87. The Morgan fingerprint density at radius 2 is 2.15 bits per heavy atom. The minimum Gasteiger partial charge on any atom is -0.311 e. The Labute approximate surface area is 82.7 Å². The van der Waals surface area contributed by atoms with Crippen molar-refractivity contribution in [1.82, 2.24) is 10.2 Å². The van der Waals surface area contributed by atoms with Crippen LogP contribution in [0.5, 0.6) is 0 Å². The lowest BCUT2D eigenvalue weighted by atomic mass is 10.0. The third-order valence-electron chi connectivity index (χ3n) is 2.63. The van der Waals surface area contributed by atoms with Gasteiger partial charge in [0.1, 0.15) is 0 Å². The molecule has 1 atom stereocenters. The average Bonchev–Trinajstić information content (AvgIpc) is 2.03. The molecule has 0 saturated carbocycles.